The zero-order chi connectivity index (χ0) is 26.1. The molecule has 1 aliphatic heterocycles. The molecule has 0 saturated heterocycles. The minimum atomic E-state index is -0.556. The second-order valence-corrected chi connectivity index (χ2v) is 8.96. The third-order valence-corrected chi connectivity index (χ3v) is 6.42. The smallest absolute Gasteiger partial charge is 0.326 e. The van der Waals surface area contributed by atoms with Crippen molar-refractivity contribution in [1.82, 2.24) is 15.5 Å². The molecule has 0 saturated carbocycles. The van der Waals surface area contributed by atoms with Crippen molar-refractivity contribution in [2.24, 2.45) is 0 Å². The highest BCUT2D eigenvalue weighted by Gasteiger charge is 2.37. The van der Waals surface area contributed by atoms with Crippen LogP contribution in [0, 0.1) is 13.8 Å². The van der Waals surface area contributed by atoms with Crippen LogP contribution in [0.1, 0.15) is 35.5 Å². The van der Waals surface area contributed by atoms with Crippen LogP contribution in [-0.4, -0.2) is 30.4 Å². The summed E-state index contributed by atoms with van der Waals surface area (Å²) in [5.41, 5.74) is 5.91. The Balaban J connectivity index is 1.67. The molecule has 1 aliphatic rings. The first-order valence-corrected chi connectivity index (χ1v) is 11.9. The first-order valence-electron chi connectivity index (χ1n) is 11.9. The molecular weight excluding hydrogens is 468 g/mol. The number of aryl methyl sites for hydroxylation is 2. The Morgan fingerprint density at radius 2 is 1.62 bits per heavy atom. The summed E-state index contributed by atoms with van der Waals surface area (Å²) in [7, 11) is 3.16. The monoisotopic (exact) mass is 496 g/mol. The number of ether oxygens (including phenoxy) is 2. The van der Waals surface area contributed by atoms with E-state index in [4.69, 9.17) is 19.0 Å². The lowest BCUT2D eigenvalue weighted by Gasteiger charge is -2.35. The summed E-state index contributed by atoms with van der Waals surface area (Å²) in [5.74, 6) is 1.95. The topological polar surface area (TPSA) is 89.7 Å². The van der Waals surface area contributed by atoms with Crippen LogP contribution in [-0.2, 0) is 0 Å². The predicted octanol–water partition coefficient (Wildman–Crippen LogP) is 6.07. The van der Waals surface area contributed by atoms with Crippen molar-refractivity contribution < 1.29 is 18.8 Å². The second-order valence-electron chi connectivity index (χ2n) is 8.96. The molecule has 37 heavy (non-hydrogen) atoms. The Morgan fingerprint density at radius 1 is 0.892 bits per heavy atom. The average molecular weight is 497 g/mol. The SMILES string of the molecule is COc1ccc(C2NC(=O)N(c3cccc(C)c3)C(C)=C2c2nc(-c3cccc(C)c3)no2)cc1OC. The Morgan fingerprint density at radius 3 is 2.32 bits per heavy atom. The molecule has 0 fully saturated rings. The molecule has 188 valence electrons. The molecule has 8 heteroatoms. The number of anilines is 1. The van der Waals surface area contributed by atoms with E-state index in [1.165, 1.54) is 0 Å². The minimum absolute atomic E-state index is 0.259. The highest BCUT2D eigenvalue weighted by molar-refractivity contribution is 6.01. The van der Waals surface area contributed by atoms with Gasteiger partial charge >= 0.3 is 6.03 Å². The molecule has 0 spiro atoms. The molecule has 0 bridgehead atoms. The number of hydrogen-bond donors (Lipinski definition) is 1. The van der Waals surface area contributed by atoms with E-state index < -0.39 is 6.04 Å². The van der Waals surface area contributed by atoms with E-state index in [1.54, 1.807) is 19.1 Å². The number of amides is 2. The first kappa shape index (κ1) is 24.1. The molecular formula is C29H28N4O4. The lowest BCUT2D eigenvalue weighted by molar-refractivity contribution is 0.244. The van der Waals surface area contributed by atoms with Crippen LogP contribution < -0.4 is 19.7 Å². The molecule has 3 aromatic carbocycles. The fourth-order valence-corrected chi connectivity index (χ4v) is 4.61. The largest absolute Gasteiger partial charge is 0.493 e. The van der Waals surface area contributed by atoms with E-state index in [9.17, 15) is 4.79 Å². The number of carbonyl (C=O) groups excluding carboxylic acids is 1. The number of nitrogens with zero attached hydrogens (tertiary/aromatic N) is 3. The molecule has 1 unspecified atom stereocenters. The zero-order valence-corrected chi connectivity index (χ0v) is 21.4. The van der Waals surface area contributed by atoms with Gasteiger partial charge in [0.1, 0.15) is 0 Å². The number of rotatable bonds is 6. The summed E-state index contributed by atoms with van der Waals surface area (Å²) in [4.78, 5) is 19.9. The summed E-state index contributed by atoms with van der Waals surface area (Å²) in [6.45, 7) is 5.89. The average Bonchev–Trinajstić information content (AvgIpc) is 3.38. The van der Waals surface area contributed by atoms with Gasteiger partial charge in [-0.25, -0.2) is 4.79 Å². The van der Waals surface area contributed by atoms with Crippen LogP contribution in [0.3, 0.4) is 0 Å². The van der Waals surface area contributed by atoms with E-state index in [2.05, 4.69) is 10.5 Å². The van der Waals surface area contributed by atoms with Crippen molar-refractivity contribution in [2.45, 2.75) is 26.8 Å². The molecule has 8 nitrogen and oxygen atoms in total. The van der Waals surface area contributed by atoms with Gasteiger partial charge in [-0.3, -0.25) is 4.90 Å². The van der Waals surface area contributed by atoms with Crippen LogP contribution in [0.25, 0.3) is 17.0 Å². The maximum atomic E-state index is 13.5. The van der Waals surface area contributed by atoms with Crippen molar-refractivity contribution in [3.8, 4) is 22.9 Å². The Kier molecular flexibility index (Phi) is 6.40. The number of urea groups is 1. The van der Waals surface area contributed by atoms with Gasteiger partial charge in [-0.15, -0.1) is 0 Å². The van der Waals surface area contributed by atoms with Gasteiger partial charge < -0.3 is 19.3 Å². The van der Waals surface area contributed by atoms with Crippen LogP contribution in [0.4, 0.5) is 10.5 Å². The molecule has 2 amide bonds. The van der Waals surface area contributed by atoms with E-state index in [0.717, 1.165) is 27.9 Å². The van der Waals surface area contributed by atoms with E-state index in [0.29, 0.717) is 34.5 Å². The summed E-state index contributed by atoms with van der Waals surface area (Å²) in [6, 6.07) is 20.4. The van der Waals surface area contributed by atoms with Crippen molar-refractivity contribution >= 4 is 17.3 Å². The van der Waals surface area contributed by atoms with Crippen LogP contribution in [0.2, 0.25) is 0 Å². The first-order chi connectivity index (χ1) is 17.9. The summed E-state index contributed by atoms with van der Waals surface area (Å²) in [5, 5.41) is 7.39. The predicted molar refractivity (Wildman–Crippen MR) is 142 cm³/mol. The van der Waals surface area contributed by atoms with Gasteiger partial charge in [0.05, 0.1) is 31.5 Å². The van der Waals surface area contributed by atoms with Gasteiger partial charge in [0.15, 0.2) is 11.5 Å². The number of benzene rings is 3. The fourth-order valence-electron chi connectivity index (χ4n) is 4.61. The number of hydrogen-bond acceptors (Lipinski definition) is 6. The molecule has 1 N–H and O–H groups in total. The molecule has 5 rings (SSSR count). The fraction of sp³-hybridized carbons (Fsp3) is 0.207. The lowest BCUT2D eigenvalue weighted by Crippen LogP contribution is -2.46. The quantitative estimate of drug-likeness (QED) is 0.348. The molecule has 1 aromatic heterocycles. The van der Waals surface area contributed by atoms with Gasteiger partial charge in [-0.1, -0.05) is 47.1 Å². The molecule has 0 radical (unpaired) electrons. The van der Waals surface area contributed by atoms with E-state index in [1.807, 2.05) is 87.5 Å². The Hall–Kier alpha value is -4.59. The van der Waals surface area contributed by atoms with Crippen LogP contribution in [0.5, 0.6) is 11.5 Å². The van der Waals surface area contributed by atoms with Gasteiger partial charge in [0, 0.05) is 11.3 Å². The molecule has 2 heterocycles. The second kappa shape index (κ2) is 9.81. The van der Waals surface area contributed by atoms with E-state index >= 15 is 0 Å². The minimum Gasteiger partial charge on any atom is -0.493 e. The lowest BCUT2D eigenvalue weighted by atomic mass is 9.94. The normalized spacial score (nSPS) is 15.5. The van der Waals surface area contributed by atoms with Crippen molar-refractivity contribution in [3.63, 3.8) is 0 Å². The summed E-state index contributed by atoms with van der Waals surface area (Å²) >= 11 is 0. The molecule has 4 aromatic rings. The highest BCUT2D eigenvalue weighted by atomic mass is 16.5. The summed E-state index contributed by atoms with van der Waals surface area (Å²) < 4.78 is 16.7. The maximum absolute atomic E-state index is 13.5. The maximum Gasteiger partial charge on any atom is 0.326 e. The van der Waals surface area contributed by atoms with Gasteiger partial charge in [0.25, 0.3) is 5.89 Å². The zero-order valence-electron chi connectivity index (χ0n) is 21.4. The standard InChI is InChI=1S/C29H28N4O4/c1-17-8-6-10-21(14-17)27-31-28(37-32-27)25-19(3)33(22-11-7-9-18(2)15-22)29(34)30-26(25)20-12-13-23(35-4)24(16-20)36-5/h6-16,26H,1-5H3,(H,30,34). The van der Waals surface area contributed by atoms with Crippen LogP contribution >= 0.6 is 0 Å². The third-order valence-electron chi connectivity index (χ3n) is 6.42. The Bertz CT molecular complexity index is 1510. The van der Waals surface area contributed by atoms with Crippen molar-refractivity contribution in [1.29, 1.82) is 0 Å². The molecule has 0 aliphatic carbocycles. The van der Waals surface area contributed by atoms with Crippen molar-refractivity contribution in [3.05, 3.63) is 95.0 Å². The van der Waals surface area contributed by atoms with E-state index in [-0.39, 0.29) is 6.03 Å². The highest BCUT2D eigenvalue weighted by Crippen LogP contribution is 2.41. The number of aromatic nitrogens is 2. The Labute approximate surface area is 215 Å². The van der Waals surface area contributed by atoms with Crippen molar-refractivity contribution in [2.75, 3.05) is 19.1 Å². The number of methoxy groups -OCH3 is 2. The number of nitrogens with one attached hydrogen (secondary N) is 1. The van der Waals surface area contributed by atoms with Crippen LogP contribution in [0.15, 0.2) is 77.0 Å². The molecule has 1 atom stereocenters. The van der Waals surface area contributed by atoms with Gasteiger partial charge in [-0.2, -0.15) is 4.98 Å². The van der Waals surface area contributed by atoms with Gasteiger partial charge in [-0.05, 0) is 62.2 Å². The number of allylic oxidation sites excluding steroid dienone is 1. The third kappa shape index (κ3) is 4.53. The van der Waals surface area contributed by atoms with Gasteiger partial charge in [0.2, 0.25) is 5.82 Å². The summed E-state index contributed by atoms with van der Waals surface area (Å²) in [6.07, 6.45) is 0. The number of carbonyl (C=O) groups is 1.